The molecule has 182 valence electrons. The Hall–Kier alpha value is -4.41. The van der Waals surface area contributed by atoms with Crippen molar-refractivity contribution >= 4 is 29.3 Å². The number of nitrogens with zero attached hydrogens (tertiary/aromatic N) is 2. The summed E-state index contributed by atoms with van der Waals surface area (Å²) in [6.45, 7) is 1.73. The van der Waals surface area contributed by atoms with Gasteiger partial charge in [-0.15, -0.1) is 10.2 Å². The summed E-state index contributed by atoms with van der Waals surface area (Å²) in [7, 11) is 1.57. The van der Waals surface area contributed by atoms with Gasteiger partial charge in [0.2, 0.25) is 17.7 Å². The fourth-order valence-electron chi connectivity index (χ4n) is 3.39. The van der Waals surface area contributed by atoms with E-state index in [9.17, 15) is 14.4 Å². The lowest BCUT2D eigenvalue weighted by Gasteiger charge is -2.11. The number of carbonyl (C=O) groups is 3. The van der Waals surface area contributed by atoms with Crippen LogP contribution < -0.4 is 20.7 Å². The molecular formula is C24H25N5O6. The zero-order valence-electron chi connectivity index (χ0n) is 19.3. The molecule has 0 atom stereocenters. The summed E-state index contributed by atoms with van der Waals surface area (Å²) in [5.74, 6) is 0.298. The van der Waals surface area contributed by atoms with Crippen LogP contribution in [0.2, 0.25) is 0 Å². The van der Waals surface area contributed by atoms with E-state index < -0.39 is 17.4 Å². The van der Waals surface area contributed by atoms with Crippen LogP contribution in [0, 0.1) is 0 Å². The molecule has 3 N–H and O–H groups in total. The van der Waals surface area contributed by atoms with Gasteiger partial charge in [-0.1, -0.05) is 0 Å². The minimum absolute atomic E-state index is 0.204. The van der Waals surface area contributed by atoms with E-state index in [-0.39, 0.29) is 30.8 Å². The first kappa shape index (κ1) is 23.7. The summed E-state index contributed by atoms with van der Waals surface area (Å²) in [5, 5.41) is 16.2. The molecular weight excluding hydrogens is 454 g/mol. The summed E-state index contributed by atoms with van der Waals surface area (Å²) >= 11 is 0. The molecule has 1 fully saturated rings. The number of ether oxygens (including phenoxy) is 2. The van der Waals surface area contributed by atoms with Crippen molar-refractivity contribution in [3.8, 4) is 17.2 Å². The zero-order valence-corrected chi connectivity index (χ0v) is 19.3. The first-order valence-electron chi connectivity index (χ1n) is 11.0. The average Bonchev–Trinajstić information content (AvgIpc) is 3.53. The van der Waals surface area contributed by atoms with Crippen LogP contribution in [0.4, 0.5) is 16.2 Å². The lowest BCUT2D eigenvalue weighted by Crippen LogP contribution is -2.38. The molecule has 1 aromatic heterocycles. The smallest absolute Gasteiger partial charge is 0.325 e. The summed E-state index contributed by atoms with van der Waals surface area (Å²) in [4.78, 5) is 36.3. The van der Waals surface area contributed by atoms with Gasteiger partial charge in [-0.2, -0.15) is 0 Å². The van der Waals surface area contributed by atoms with Gasteiger partial charge in [-0.25, -0.2) is 4.79 Å². The van der Waals surface area contributed by atoms with Gasteiger partial charge in [0, 0.05) is 16.9 Å². The van der Waals surface area contributed by atoms with Gasteiger partial charge >= 0.3 is 12.0 Å². The van der Waals surface area contributed by atoms with E-state index in [1.165, 1.54) is 0 Å². The SMILES string of the molecule is CCOC(=O)CNC(=O)C1(c2nnc(-c3ccc(NC(=O)Nc4ccc(OC)cc4)cc3)o2)CC1. The molecule has 1 saturated carbocycles. The van der Waals surface area contributed by atoms with Gasteiger partial charge < -0.3 is 29.8 Å². The van der Waals surface area contributed by atoms with E-state index in [1.807, 2.05) is 0 Å². The minimum Gasteiger partial charge on any atom is -0.497 e. The van der Waals surface area contributed by atoms with Crippen molar-refractivity contribution < 1.29 is 28.3 Å². The summed E-state index contributed by atoms with van der Waals surface area (Å²) in [5.41, 5.74) is 0.904. The van der Waals surface area contributed by atoms with E-state index in [2.05, 4.69) is 26.1 Å². The van der Waals surface area contributed by atoms with Crippen LogP contribution in [-0.2, 0) is 19.7 Å². The molecule has 0 unspecified atom stereocenters. The second kappa shape index (κ2) is 10.2. The van der Waals surface area contributed by atoms with Crippen LogP contribution in [0.25, 0.3) is 11.5 Å². The van der Waals surface area contributed by atoms with E-state index in [4.69, 9.17) is 13.9 Å². The number of aromatic nitrogens is 2. The highest BCUT2D eigenvalue weighted by atomic mass is 16.5. The van der Waals surface area contributed by atoms with Gasteiger partial charge in [0.25, 0.3) is 0 Å². The van der Waals surface area contributed by atoms with E-state index in [1.54, 1.807) is 62.6 Å². The molecule has 3 amide bonds. The van der Waals surface area contributed by atoms with Gasteiger partial charge in [-0.3, -0.25) is 9.59 Å². The van der Waals surface area contributed by atoms with Crippen molar-refractivity contribution in [1.82, 2.24) is 15.5 Å². The van der Waals surface area contributed by atoms with Crippen molar-refractivity contribution in [2.45, 2.75) is 25.2 Å². The van der Waals surface area contributed by atoms with Crippen LogP contribution in [0.15, 0.2) is 52.9 Å². The molecule has 11 heteroatoms. The number of rotatable bonds is 9. The van der Waals surface area contributed by atoms with Crippen LogP contribution in [-0.4, -0.2) is 48.4 Å². The minimum atomic E-state index is -0.918. The predicted octanol–water partition coefficient (Wildman–Crippen LogP) is 3.10. The third kappa shape index (κ3) is 5.57. The molecule has 11 nitrogen and oxygen atoms in total. The first-order chi connectivity index (χ1) is 16.9. The van der Waals surface area contributed by atoms with Gasteiger partial charge in [-0.05, 0) is 68.3 Å². The number of urea groups is 1. The Morgan fingerprint density at radius 3 is 2.17 bits per heavy atom. The largest absolute Gasteiger partial charge is 0.497 e. The van der Waals surface area contributed by atoms with E-state index >= 15 is 0 Å². The number of hydrogen-bond donors (Lipinski definition) is 3. The fourth-order valence-corrected chi connectivity index (χ4v) is 3.39. The molecule has 2 aromatic carbocycles. The predicted molar refractivity (Wildman–Crippen MR) is 126 cm³/mol. The number of methoxy groups -OCH3 is 1. The summed E-state index contributed by atoms with van der Waals surface area (Å²) in [6, 6.07) is 13.4. The third-order valence-electron chi connectivity index (χ3n) is 5.46. The first-order valence-corrected chi connectivity index (χ1v) is 11.0. The molecule has 0 saturated heterocycles. The number of amides is 3. The molecule has 1 heterocycles. The molecule has 0 spiro atoms. The molecule has 0 bridgehead atoms. The van der Waals surface area contributed by atoms with E-state index in [0.29, 0.717) is 35.5 Å². The molecule has 4 rings (SSSR count). The fraction of sp³-hybridized carbons (Fsp3) is 0.292. The van der Waals surface area contributed by atoms with Crippen LogP contribution in [0.3, 0.4) is 0 Å². The van der Waals surface area contributed by atoms with Crippen LogP contribution in [0.1, 0.15) is 25.7 Å². The van der Waals surface area contributed by atoms with Crippen molar-refractivity contribution in [2.24, 2.45) is 0 Å². The molecule has 1 aliphatic carbocycles. The maximum absolute atomic E-state index is 12.6. The Bertz CT molecular complexity index is 1200. The van der Waals surface area contributed by atoms with Crippen molar-refractivity contribution in [3.05, 3.63) is 54.4 Å². The summed E-state index contributed by atoms with van der Waals surface area (Å²) in [6.07, 6.45) is 1.10. The highest BCUT2D eigenvalue weighted by Crippen LogP contribution is 2.48. The second-order valence-corrected chi connectivity index (χ2v) is 7.87. The highest BCUT2D eigenvalue weighted by Gasteiger charge is 2.56. The number of hydrogen-bond acceptors (Lipinski definition) is 8. The lowest BCUT2D eigenvalue weighted by atomic mass is 10.1. The maximum atomic E-state index is 12.6. The Kier molecular flexibility index (Phi) is 6.95. The number of esters is 1. The monoisotopic (exact) mass is 479 g/mol. The number of nitrogens with one attached hydrogen (secondary N) is 3. The van der Waals surface area contributed by atoms with Gasteiger partial charge in [0.05, 0.1) is 13.7 Å². The van der Waals surface area contributed by atoms with Crippen molar-refractivity contribution in [1.29, 1.82) is 0 Å². The molecule has 3 aromatic rings. The molecule has 0 radical (unpaired) electrons. The second-order valence-electron chi connectivity index (χ2n) is 7.87. The topological polar surface area (TPSA) is 145 Å². The van der Waals surface area contributed by atoms with Crippen molar-refractivity contribution in [3.63, 3.8) is 0 Å². The van der Waals surface area contributed by atoms with Gasteiger partial charge in [0.1, 0.15) is 17.7 Å². The molecule has 1 aliphatic rings. The van der Waals surface area contributed by atoms with Crippen LogP contribution >= 0.6 is 0 Å². The zero-order chi connectivity index (χ0) is 24.8. The maximum Gasteiger partial charge on any atom is 0.325 e. The summed E-state index contributed by atoms with van der Waals surface area (Å²) < 4.78 is 15.7. The van der Waals surface area contributed by atoms with E-state index in [0.717, 1.165) is 0 Å². The quantitative estimate of drug-likeness (QED) is 0.397. The standard InChI is InChI=1S/C24H25N5O6/c1-3-34-19(30)14-25-21(31)24(12-13-24)22-29-28-20(35-22)15-4-6-16(7-5-15)26-23(32)27-17-8-10-18(33-2)11-9-17/h4-11H,3,12-14H2,1-2H3,(H,25,31)(H2,26,27,32). The Balaban J connectivity index is 1.35. The average molecular weight is 479 g/mol. The van der Waals surface area contributed by atoms with Crippen molar-refractivity contribution in [2.75, 3.05) is 30.9 Å². The molecule has 35 heavy (non-hydrogen) atoms. The highest BCUT2D eigenvalue weighted by molar-refractivity contribution is 5.99. The van der Waals surface area contributed by atoms with Crippen LogP contribution in [0.5, 0.6) is 5.75 Å². The third-order valence-corrected chi connectivity index (χ3v) is 5.46. The molecule has 0 aliphatic heterocycles. The number of benzene rings is 2. The Morgan fingerprint density at radius 2 is 1.60 bits per heavy atom. The Labute approximate surface area is 201 Å². The number of anilines is 2. The Morgan fingerprint density at radius 1 is 0.971 bits per heavy atom. The normalized spacial score (nSPS) is 13.4. The number of carbonyl (C=O) groups excluding carboxylic acids is 3. The van der Waals surface area contributed by atoms with Gasteiger partial charge in [0.15, 0.2) is 0 Å². The lowest BCUT2D eigenvalue weighted by molar-refractivity contribution is -0.143.